The third-order valence-electron chi connectivity index (χ3n) is 4.81. The van der Waals surface area contributed by atoms with Gasteiger partial charge < -0.3 is 4.74 Å². The Balaban J connectivity index is 1.96. The van der Waals surface area contributed by atoms with Crippen LogP contribution in [0.2, 0.25) is 0 Å². The lowest BCUT2D eigenvalue weighted by Crippen LogP contribution is -2.18. The smallest absolute Gasteiger partial charge is 0.418 e. The first-order chi connectivity index (χ1) is 15.5. The van der Waals surface area contributed by atoms with Gasteiger partial charge in [-0.05, 0) is 35.4 Å². The topological polar surface area (TPSA) is 65.0 Å². The highest BCUT2D eigenvalue weighted by molar-refractivity contribution is 5.82. The van der Waals surface area contributed by atoms with Crippen LogP contribution in [0.25, 0.3) is 0 Å². The van der Waals surface area contributed by atoms with Crippen LogP contribution in [0, 0.1) is 0 Å². The fourth-order valence-corrected chi connectivity index (χ4v) is 3.28. The summed E-state index contributed by atoms with van der Waals surface area (Å²) in [5.74, 6) is -1.68. The zero-order valence-corrected chi connectivity index (χ0v) is 17.1. The van der Waals surface area contributed by atoms with Gasteiger partial charge in [-0.15, -0.1) is 0 Å². The number of ketones is 1. The SMILES string of the molecule is COc1ncc(CC(=O)C[C@@H](c2ccc(C(F)(F)F)cc2)c2ncccc2C(F)(F)F)cn1. The van der Waals surface area contributed by atoms with Crippen LogP contribution in [-0.4, -0.2) is 27.8 Å². The predicted octanol–water partition coefficient (Wildman–Crippen LogP) is 5.25. The summed E-state index contributed by atoms with van der Waals surface area (Å²) in [6.07, 6.45) is -6.14. The lowest BCUT2D eigenvalue weighted by Gasteiger charge is -2.21. The molecule has 0 aliphatic rings. The molecule has 0 aliphatic carbocycles. The second kappa shape index (κ2) is 9.55. The van der Waals surface area contributed by atoms with Gasteiger partial charge in [-0.2, -0.15) is 26.3 Å². The molecule has 0 radical (unpaired) electrons. The van der Waals surface area contributed by atoms with Crippen molar-refractivity contribution in [2.45, 2.75) is 31.1 Å². The number of ether oxygens (including phenoxy) is 1. The number of carbonyl (C=O) groups excluding carboxylic acids is 1. The first-order valence-electron chi connectivity index (χ1n) is 9.55. The van der Waals surface area contributed by atoms with E-state index >= 15 is 0 Å². The Bertz CT molecular complexity index is 1100. The summed E-state index contributed by atoms with van der Waals surface area (Å²) >= 11 is 0. The molecule has 0 unspecified atom stereocenters. The Kier molecular flexibility index (Phi) is 6.99. The summed E-state index contributed by atoms with van der Waals surface area (Å²) in [5.41, 5.74) is -1.95. The maximum atomic E-state index is 13.6. The summed E-state index contributed by atoms with van der Waals surface area (Å²) < 4.78 is 84.4. The van der Waals surface area contributed by atoms with E-state index in [1.54, 1.807) is 0 Å². The number of rotatable bonds is 7. The summed E-state index contributed by atoms with van der Waals surface area (Å²) in [4.78, 5) is 24.3. The third-order valence-corrected chi connectivity index (χ3v) is 4.81. The van der Waals surface area contributed by atoms with Gasteiger partial charge in [0, 0.05) is 37.4 Å². The molecule has 0 aliphatic heterocycles. The van der Waals surface area contributed by atoms with Crippen molar-refractivity contribution < 1.29 is 35.9 Å². The molecule has 11 heteroatoms. The van der Waals surface area contributed by atoms with E-state index in [9.17, 15) is 31.1 Å². The lowest BCUT2D eigenvalue weighted by molar-refractivity contribution is -0.139. The highest BCUT2D eigenvalue weighted by Gasteiger charge is 2.37. The molecular weight excluding hydrogens is 452 g/mol. The number of alkyl halides is 6. The number of halogens is 6. The fraction of sp³-hybridized carbons (Fsp3) is 0.273. The molecule has 0 saturated heterocycles. The standard InChI is InChI=1S/C22H17F6N3O2/c1-33-20-30-11-13(12-31-20)9-16(32)10-17(14-4-6-15(7-5-14)21(23,24)25)19-18(22(26,27)28)3-2-8-29-19/h2-8,11-12,17H,9-10H2,1H3/t17-/m0/s1. The van der Waals surface area contributed by atoms with Crippen molar-refractivity contribution >= 4 is 5.78 Å². The zero-order chi connectivity index (χ0) is 24.2. The normalized spacial score (nSPS) is 12.9. The van der Waals surface area contributed by atoms with Crippen LogP contribution < -0.4 is 4.74 Å². The van der Waals surface area contributed by atoms with E-state index in [1.165, 1.54) is 19.5 Å². The number of pyridine rings is 1. The molecule has 0 N–H and O–H groups in total. The number of hydrogen-bond donors (Lipinski definition) is 0. The second-order valence-corrected chi connectivity index (χ2v) is 7.10. The largest absolute Gasteiger partial charge is 0.467 e. The molecule has 0 spiro atoms. The van der Waals surface area contributed by atoms with Crippen LogP contribution in [0.5, 0.6) is 6.01 Å². The minimum atomic E-state index is -4.76. The molecule has 3 aromatic rings. The minimum absolute atomic E-state index is 0.0807. The molecule has 2 heterocycles. The molecule has 1 aromatic carbocycles. The van der Waals surface area contributed by atoms with Crippen LogP contribution in [0.4, 0.5) is 26.3 Å². The van der Waals surface area contributed by atoms with Crippen LogP contribution in [0.15, 0.2) is 55.0 Å². The van der Waals surface area contributed by atoms with E-state index < -0.39 is 47.3 Å². The van der Waals surface area contributed by atoms with Gasteiger partial charge in [0.2, 0.25) is 0 Å². The van der Waals surface area contributed by atoms with Crippen molar-refractivity contribution in [3.05, 3.63) is 82.9 Å². The summed E-state index contributed by atoms with van der Waals surface area (Å²) in [5, 5.41) is 0. The number of hydrogen-bond acceptors (Lipinski definition) is 5. The average molecular weight is 469 g/mol. The van der Waals surface area contributed by atoms with Crippen LogP contribution in [0.1, 0.15) is 40.3 Å². The summed E-state index contributed by atoms with van der Waals surface area (Å²) in [6.45, 7) is 0. The first kappa shape index (κ1) is 24.1. The maximum absolute atomic E-state index is 13.6. The van der Waals surface area contributed by atoms with E-state index in [1.807, 2.05) is 0 Å². The Hall–Kier alpha value is -3.50. The Morgan fingerprint density at radius 2 is 1.58 bits per heavy atom. The van der Waals surface area contributed by atoms with Gasteiger partial charge in [0.05, 0.1) is 23.9 Å². The van der Waals surface area contributed by atoms with Crippen molar-refractivity contribution in [1.82, 2.24) is 15.0 Å². The third kappa shape index (κ3) is 6.05. The Labute approximate surface area is 184 Å². The number of methoxy groups -OCH3 is 1. The lowest BCUT2D eigenvalue weighted by atomic mass is 9.86. The number of aromatic nitrogens is 3. The van der Waals surface area contributed by atoms with Gasteiger partial charge in [-0.25, -0.2) is 9.97 Å². The highest BCUT2D eigenvalue weighted by atomic mass is 19.4. The van der Waals surface area contributed by atoms with Crippen molar-refractivity contribution in [1.29, 1.82) is 0 Å². The van der Waals surface area contributed by atoms with E-state index in [2.05, 4.69) is 15.0 Å². The Morgan fingerprint density at radius 3 is 2.12 bits per heavy atom. The number of Topliss-reactive ketones (excluding diaryl/α,β-unsaturated/α-hetero) is 1. The molecule has 5 nitrogen and oxygen atoms in total. The summed E-state index contributed by atoms with van der Waals surface area (Å²) in [7, 11) is 1.36. The summed E-state index contributed by atoms with van der Waals surface area (Å²) in [6, 6.07) is 5.66. The molecule has 0 saturated carbocycles. The zero-order valence-electron chi connectivity index (χ0n) is 17.1. The molecule has 174 valence electrons. The van der Waals surface area contributed by atoms with Gasteiger partial charge in [0.25, 0.3) is 0 Å². The number of nitrogens with zero attached hydrogens (tertiary/aromatic N) is 3. The molecule has 0 fully saturated rings. The van der Waals surface area contributed by atoms with Gasteiger partial charge in [0.1, 0.15) is 5.78 Å². The van der Waals surface area contributed by atoms with Crippen molar-refractivity contribution in [3.63, 3.8) is 0 Å². The quantitative estimate of drug-likeness (QED) is 0.442. The number of benzene rings is 1. The molecule has 3 rings (SSSR count). The van der Waals surface area contributed by atoms with Crippen LogP contribution >= 0.6 is 0 Å². The molecule has 1 atom stereocenters. The van der Waals surface area contributed by atoms with Crippen molar-refractivity contribution in [2.75, 3.05) is 7.11 Å². The number of carbonyl (C=O) groups is 1. The van der Waals surface area contributed by atoms with Gasteiger partial charge in [0.15, 0.2) is 0 Å². The predicted molar refractivity (Wildman–Crippen MR) is 104 cm³/mol. The minimum Gasteiger partial charge on any atom is -0.467 e. The molecule has 0 bridgehead atoms. The van der Waals surface area contributed by atoms with E-state index in [0.29, 0.717) is 5.56 Å². The first-order valence-corrected chi connectivity index (χ1v) is 9.55. The van der Waals surface area contributed by atoms with E-state index in [4.69, 9.17) is 4.74 Å². The van der Waals surface area contributed by atoms with Crippen LogP contribution in [0.3, 0.4) is 0 Å². The van der Waals surface area contributed by atoms with Crippen molar-refractivity contribution in [3.8, 4) is 6.01 Å². The fourth-order valence-electron chi connectivity index (χ4n) is 3.28. The average Bonchev–Trinajstić information content (AvgIpc) is 2.77. The van der Waals surface area contributed by atoms with Crippen LogP contribution in [-0.2, 0) is 23.6 Å². The molecule has 2 aromatic heterocycles. The molecule has 33 heavy (non-hydrogen) atoms. The van der Waals surface area contributed by atoms with Gasteiger partial charge >= 0.3 is 18.4 Å². The van der Waals surface area contributed by atoms with E-state index in [-0.39, 0.29) is 18.0 Å². The highest BCUT2D eigenvalue weighted by Crippen LogP contribution is 2.39. The molecule has 0 amide bonds. The van der Waals surface area contributed by atoms with Gasteiger partial charge in [-0.3, -0.25) is 9.78 Å². The Morgan fingerprint density at radius 1 is 0.939 bits per heavy atom. The second-order valence-electron chi connectivity index (χ2n) is 7.10. The maximum Gasteiger partial charge on any atom is 0.418 e. The molecular formula is C22H17F6N3O2. The van der Waals surface area contributed by atoms with Gasteiger partial charge in [-0.1, -0.05) is 12.1 Å². The monoisotopic (exact) mass is 469 g/mol. The van der Waals surface area contributed by atoms with E-state index in [0.717, 1.165) is 42.6 Å². The van der Waals surface area contributed by atoms with Crippen molar-refractivity contribution in [2.24, 2.45) is 0 Å².